The maximum atomic E-state index is 9.07. The first-order chi connectivity index (χ1) is 7.72. The number of aliphatic hydroxyl groups excluding tert-OH is 2. The Labute approximate surface area is 95.9 Å². The second-order valence-corrected chi connectivity index (χ2v) is 3.70. The second-order valence-electron chi connectivity index (χ2n) is 3.70. The summed E-state index contributed by atoms with van der Waals surface area (Å²) in [6, 6.07) is 7.66. The van der Waals surface area contributed by atoms with Crippen LogP contribution in [0.1, 0.15) is 12.5 Å². The van der Waals surface area contributed by atoms with Gasteiger partial charge in [-0.15, -0.1) is 0 Å². The summed E-state index contributed by atoms with van der Waals surface area (Å²) in [6.07, 6.45) is -0.327. The average Bonchev–Trinajstić information content (AvgIpc) is 2.27. The van der Waals surface area contributed by atoms with Crippen LogP contribution in [0.5, 0.6) is 5.75 Å². The van der Waals surface area contributed by atoms with Crippen molar-refractivity contribution in [2.24, 2.45) is 0 Å². The minimum Gasteiger partial charge on any atom is -0.491 e. The molecule has 0 spiro atoms. The molecule has 4 heteroatoms. The Balaban J connectivity index is 2.33. The Hall–Kier alpha value is -1.10. The molecule has 0 aliphatic carbocycles. The zero-order valence-electron chi connectivity index (χ0n) is 9.52. The molecule has 1 aromatic rings. The summed E-state index contributed by atoms with van der Waals surface area (Å²) in [6.45, 7) is 3.41. The number of aliphatic hydroxyl groups is 2. The van der Waals surface area contributed by atoms with Gasteiger partial charge in [-0.25, -0.2) is 0 Å². The quantitative estimate of drug-likeness (QED) is 0.633. The first-order valence-electron chi connectivity index (χ1n) is 5.43. The summed E-state index contributed by atoms with van der Waals surface area (Å²) in [5.41, 5.74) is 1.14. The van der Waals surface area contributed by atoms with Crippen molar-refractivity contribution in [1.82, 2.24) is 5.32 Å². The van der Waals surface area contributed by atoms with E-state index in [0.29, 0.717) is 13.2 Å². The topological polar surface area (TPSA) is 61.7 Å². The van der Waals surface area contributed by atoms with Crippen LogP contribution in [0.25, 0.3) is 0 Å². The Morgan fingerprint density at radius 1 is 1.31 bits per heavy atom. The summed E-state index contributed by atoms with van der Waals surface area (Å²) in [5, 5.41) is 20.8. The van der Waals surface area contributed by atoms with Gasteiger partial charge in [0.15, 0.2) is 0 Å². The molecule has 0 bridgehead atoms. The van der Waals surface area contributed by atoms with E-state index in [-0.39, 0.29) is 12.7 Å². The number of nitrogens with one attached hydrogen (secondary N) is 1. The van der Waals surface area contributed by atoms with Crippen molar-refractivity contribution in [3.05, 3.63) is 29.8 Å². The monoisotopic (exact) mass is 225 g/mol. The highest BCUT2D eigenvalue weighted by atomic mass is 16.5. The average molecular weight is 225 g/mol. The molecule has 1 rings (SSSR count). The summed E-state index contributed by atoms with van der Waals surface area (Å²) in [4.78, 5) is 0. The number of hydrogen-bond acceptors (Lipinski definition) is 4. The van der Waals surface area contributed by atoms with E-state index in [4.69, 9.17) is 14.9 Å². The smallest absolute Gasteiger partial charge is 0.119 e. The molecule has 0 aromatic heterocycles. The van der Waals surface area contributed by atoms with Crippen LogP contribution in [0.4, 0.5) is 0 Å². The van der Waals surface area contributed by atoms with E-state index in [1.54, 1.807) is 6.92 Å². The highest BCUT2D eigenvalue weighted by Crippen LogP contribution is 2.11. The van der Waals surface area contributed by atoms with Gasteiger partial charge >= 0.3 is 0 Å². The molecule has 1 aromatic carbocycles. The summed E-state index contributed by atoms with van der Waals surface area (Å²) in [5.74, 6) is 0.758. The molecule has 0 saturated carbocycles. The fraction of sp³-hybridized carbons (Fsp3) is 0.500. The summed E-state index contributed by atoms with van der Waals surface area (Å²) >= 11 is 0. The van der Waals surface area contributed by atoms with Crippen LogP contribution >= 0.6 is 0 Å². The van der Waals surface area contributed by atoms with Crippen molar-refractivity contribution >= 4 is 0 Å². The normalized spacial score (nSPS) is 12.4. The minimum absolute atomic E-state index is 0.0255. The third-order valence-electron chi connectivity index (χ3n) is 2.05. The van der Waals surface area contributed by atoms with Crippen molar-refractivity contribution in [1.29, 1.82) is 0 Å². The van der Waals surface area contributed by atoms with Crippen LogP contribution in [-0.4, -0.2) is 36.1 Å². The first-order valence-corrected chi connectivity index (χ1v) is 5.43. The highest BCUT2D eigenvalue weighted by Gasteiger charge is 1.97. The molecule has 0 saturated heterocycles. The maximum Gasteiger partial charge on any atom is 0.119 e. The lowest BCUT2D eigenvalue weighted by Gasteiger charge is -2.08. The Kier molecular flexibility index (Phi) is 5.85. The van der Waals surface area contributed by atoms with Gasteiger partial charge in [0.05, 0.1) is 12.7 Å². The molecule has 16 heavy (non-hydrogen) atoms. The number of ether oxygens (including phenoxy) is 1. The molecular formula is C12H19NO3. The molecule has 1 unspecified atom stereocenters. The van der Waals surface area contributed by atoms with E-state index in [0.717, 1.165) is 17.9 Å². The third-order valence-corrected chi connectivity index (χ3v) is 2.05. The first kappa shape index (κ1) is 13.0. The van der Waals surface area contributed by atoms with Crippen LogP contribution in [0, 0.1) is 0 Å². The SMILES string of the molecule is CC(O)CNCc1ccc(OCCO)cc1. The van der Waals surface area contributed by atoms with Crippen LogP contribution in [-0.2, 0) is 6.54 Å². The fourth-order valence-electron chi connectivity index (χ4n) is 1.29. The summed E-state index contributed by atoms with van der Waals surface area (Å²) < 4.78 is 5.24. The van der Waals surface area contributed by atoms with Gasteiger partial charge in [-0.3, -0.25) is 0 Å². The van der Waals surface area contributed by atoms with Gasteiger partial charge in [0.25, 0.3) is 0 Å². The molecule has 4 nitrogen and oxygen atoms in total. The van der Waals surface area contributed by atoms with Crippen LogP contribution < -0.4 is 10.1 Å². The van der Waals surface area contributed by atoms with E-state index < -0.39 is 0 Å². The minimum atomic E-state index is -0.327. The van der Waals surface area contributed by atoms with Crippen molar-refractivity contribution in [2.75, 3.05) is 19.8 Å². The number of rotatable bonds is 7. The van der Waals surface area contributed by atoms with E-state index in [1.165, 1.54) is 0 Å². The van der Waals surface area contributed by atoms with E-state index in [9.17, 15) is 0 Å². The Morgan fingerprint density at radius 2 is 2.00 bits per heavy atom. The lowest BCUT2D eigenvalue weighted by atomic mass is 10.2. The molecule has 0 fully saturated rings. The Morgan fingerprint density at radius 3 is 2.56 bits per heavy atom. The second kappa shape index (κ2) is 7.22. The van der Waals surface area contributed by atoms with Crippen molar-refractivity contribution in [3.8, 4) is 5.75 Å². The largest absolute Gasteiger partial charge is 0.491 e. The van der Waals surface area contributed by atoms with Gasteiger partial charge in [0, 0.05) is 13.1 Å². The number of benzene rings is 1. The standard InChI is InChI=1S/C12H19NO3/c1-10(15)8-13-9-11-2-4-12(5-3-11)16-7-6-14/h2-5,10,13-15H,6-9H2,1H3. The van der Waals surface area contributed by atoms with Crippen LogP contribution in [0.15, 0.2) is 24.3 Å². The van der Waals surface area contributed by atoms with Crippen molar-refractivity contribution < 1.29 is 14.9 Å². The lowest BCUT2D eigenvalue weighted by molar-refractivity contribution is 0.191. The molecule has 0 aliphatic rings. The van der Waals surface area contributed by atoms with Gasteiger partial charge < -0.3 is 20.3 Å². The zero-order valence-corrected chi connectivity index (χ0v) is 9.52. The van der Waals surface area contributed by atoms with Crippen molar-refractivity contribution in [2.45, 2.75) is 19.6 Å². The fourth-order valence-corrected chi connectivity index (χ4v) is 1.29. The van der Waals surface area contributed by atoms with Gasteiger partial charge in [0.2, 0.25) is 0 Å². The van der Waals surface area contributed by atoms with Gasteiger partial charge in [0.1, 0.15) is 12.4 Å². The number of hydrogen-bond donors (Lipinski definition) is 3. The van der Waals surface area contributed by atoms with Gasteiger partial charge in [-0.2, -0.15) is 0 Å². The predicted octanol–water partition coefficient (Wildman–Crippen LogP) is 0.528. The summed E-state index contributed by atoms with van der Waals surface area (Å²) in [7, 11) is 0. The molecule has 0 radical (unpaired) electrons. The van der Waals surface area contributed by atoms with E-state index in [2.05, 4.69) is 5.32 Å². The molecule has 0 heterocycles. The van der Waals surface area contributed by atoms with Crippen LogP contribution in [0.2, 0.25) is 0 Å². The molecule has 90 valence electrons. The zero-order chi connectivity index (χ0) is 11.8. The molecule has 0 amide bonds. The molecule has 3 N–H and O–H groups in total. The molecular weight excluding hydrogens is 206 g/mol. The molecule has 1 atom stereocenters. The lowest BCUT2D eigenvalue weighted by Crippen LogP contribution is -2.23. The molecule has 0 aliphatic heterocycles. The van der Waals surface area contributed by atoms with Crippen LogP contribution in [0.3, 0.4) is 0 Å². The van der Waals surface area contributed by atoms with Crippen molar-refractivity contribution in [3.63, 3.8) is 0 Å². The highest BCUT2D eigenvalue weighted by molar-refractivity contribution is 5.27. The van der Waals surface area contributed by atoms with Gasteiger partial charge in [-0.05, 0) is 24.6 Å². The van der Waals surface area contributed by atoms with E-state index >= 15 is 0 Å². The maximum absolute atomic E-state index is 9.07. The Bertz CT molecular complexity index is 285. The predicted molar refractivity (Wildman–Crippen MR) is 62.4 cm³/mol. The van der Waals surface area contributed by atoms with Gasteiger partial charge in [-0.1, -0.05) is 12.1 Å². The third kappa shape index (κ3) is 5.11. The van der Waals surface area contributed by atoms with E-state index in [1.807, 2.05) is 24.3 Å².